The lowest BCUT2D eigenvalue weighted by Crippen LogP contribution is -1.93. The van der Waals surface area contributed by atoms with Gasteiger partial charge in [0, 0.05) is 5.56 Å². The first-order valence-corrected chi connectivity index (χ1v) is 11.2. The van der Waals surface area contributed by atoms with Crippen LogP contribution in [-0.2, 0) is 12.8 Å². The summed E-state index contributed by atoms with van der Waals surface area (Å²) in [4.78, 5) is 0. The van der Waals surface area contributed by atoms with Crippen LogP contribution in [0.1, 0.15) is 61.8 Å². The highest BCUT2D eigenvalue weighted by Crippen LogP contribution is 2.24. The highest BCUT2D eigenvalue weighted by Gasteiger charge is 2.06. The maximum Gasteiger partial charge on any atom is 0.131 e. The minimum absolute atomic E-state index is 0.252. The normalized spacial score (nSPS) is 11.6. The second kappa shape index (κ2) is 11.9. The molecule has 3 heteroatoms. The molecule has 0 saturated carbocycles. The molecular formula is C28H31FN2. The largest absolute Gasteiger partial charge is 0.206 e. The molecule has 3 aromatic carbocycles. The predicted octanol–water partition coefficient (Wildman–Crippen LogP) is 7.63. The van der Waals surface area contributed by atoms with Crippen molar-refractivity contribution in [3.8, 4) is 11.1 Å². The Labute approximate surface area is 185 Å². The van der Waals surface area contributed by atoms with E-state index in [4.69, 9.17) is 0 Å². The highest BCUT2D eigenvalue weighted by atomic mass is 19.1. The monoisotopic (exact) mass is 414 g/mol. The van der Waals surface area contributed by atoms with Crippen LogP contribution >= 0.6 is 0 Å². The lowest BCUT2D eigenvalue weighted by atomic mass is 10.0. The van der Waals surface area contributed by atoms with Crippen molar-refractivity contribution in [2.45, 2.75) is 52.4 Å². The van der Waals surface area contributed by atoms with E-state index >= 15 is 0 Å². The Morgan fingerprint density at radius 2 is 1.55 bits per heavy atom. The maximum atomic E-state index is 14.7. The number of unbranched alkanes of at least 4 members (excludes halogenated alkanes) is 2. The molecule has 2 nitrogen and oxygen atoms in total. The van der Waals surface area contributed by atoms with Crippen molar-refractivity contribution in [1.82, 2.24) is 0 Å². The third-order valence-corrected chi connectivity index (χ3v) is 5.37. The zero-order chi connectivity index (χ0) is 21.9. The number of aryl methyl sites for hydroxylation is 2. The number of rotatable bonds is 10. The van der Waals surface area contributed by atoms with Crippen LogP contribution in [0.2, 0.25) is 0 Å². The number of benzene rings is 3. The predicted molar refractivity (Wildman–Crippen MR) is 131 cm³/mol. The van der Waals surface area contributed by atoms with Gasteiger partial charge in [0.05, 0.1) is 12.4 Å². The van der Waals surface area contributed by atoms with E-state index in [-0.39, 0.29) is 5.82 Å². The molecule has 3 rings (SSSR count). The van der Waals surface area contributed by atoms with Crippen molar-refractivity contribution in [3.63, 3.8) is 0 Å². The van der Waals surface area contributed by atoms with E-state index in [0.717, 1.165) is 30.4 Å². The Kier molecular flexibility index (Phi) is 8.71. The molecule has 0 bridgehead atoms. The average molecular weight is 415 g/mol. The third kappa shape index (κ3) is 6.71. The Morgan fingerprint density at radius 3 is 2.29 bits per heavy atom. The van der Waals surface area contributed by atoms with Crippen LogP contribution in [0.4, 0.5) is 4.39 Å². The average Bonchev–Trinajstić information content (AvgIpc) is 2.79. The fourth-order valence-corrected chi connectivity index (χ4v) is 3.63. The van der Waals surface area contributed by atoms with Crippen LogP contribution < -0.4 is 0 Å². The van der Waals surface area contributed by atoms with Gasteiger partial charge in [-0.2, -0.15) is 10.2 Å². The third-order valence-electron chi connectivity index (χ3n) is 5.37. The van der Waals surface area contributed by atoms with E-state index in [9.17, 15) is 4.39 Å². The molecule has 0 heterocycles. The maximum absolute atomic E-state index is 14.7. The SMILES string of the molecule is CCCCCc1ccccc1C=NN=Cc1ccc(-c2ccc(CCC)cc2)c(F)c1. The van der Waals surface area contributed by atoms with Gasteiger partial charge in [-0.05, 0) is 53.1 Å². The van der Waals surface area contributed by atoms with E-state index in [2.05, 4.69) is 54.4 Å². The molecule has 0 aliphatic rings. The zero-order valence-electron chi connectivity index (χ0n) is 18.5. The Hall–Kier alpha value is -3.07. The Morgan fingerprint density at radius 1 is 0.774 bits per heavy atom. The lowest BCUT2D eigenvalue weighted by Gasteiger charge is -2.06. The van der Waals surface area contributed by atoms with Crippen LogP contribution in [0, 0.1) is 5.82 Å². The van der Waals surface area contributed by atoms with Gasteiger partial charge in [0.2, 0.25) is 0 Å². The summed E-state index contributed by atoms with van der Waals surface area (Å²) in [5.74, 6) is -0.252. The smallest absolute Gasteiger partial charge is 0.131 e. The molecule has 31 heavy (non-hydrogen) atoms. The van der Waals surface area contributed by atoms with Crippen molar-refractivity contribution >= 4 is 12.4 Å². The summed E-state index contributed by atoms with van der Waals surface area (Å²) in [6.45, 7) is 4.37. The summed E-state index contributed by atoms with van der Waals surface area (Å²) in [5, 5.41) is 8.31. The molecule has 0 radical (unpaired) electrons. The summed E-state index contributed by atoms with van der Waals surface area (Å²) < 4.78 is 14.7. The second-order valence-electron chi connectivity index (χ2n) is 7.83. The second-order valence-corrected chi connectivity index (χ2v) is 7.83. The summed E-state index contributed by atoms with van der Waals surface area (Å²) in [6, 6.07) is 21.6. The summed E-state index contributed by atoms with van der Waals surface area (Å²) >= 11 is 0. The summed E-state index contributed by atoms with van der Waals surface area (Å²) in [5.41, 5.74) is 5.83. The molecule has 0 spiro atoms. The fourth-order valence-electron chi connectivity index (χ4n) is 3.63. The van der Waals surface area contributed by atoms with Crippen LogP contribution in [0.3, 0.4) is 0 Å². The highest BCUT2D eigenvalue weighted by molar-refractivity contribution is 5.84. The zero-order valence-corrected chi connectivity index (χ0v) is 18.5. The van der Waals surface area contributed by atoms with Crippen LogP contribution in [0.5, 0.6) is 0 Å². The fraction of sp³-hybridized carbons (Fsp3) is 0.286. The number of nitrogens with zero attached hydrogens (tertiary/aromatic N) is 2. The standard InChI is InChI=1S/C28H31FN2/c1-3-5-6-10-24-11-7-8-12-26(24)21-31-30-20-23-15-18-27(28(29)19-23)25-16-13-22(9-4-2)14-17-25/h7-8,11-21H,3-6,9-10H2,1-2H3. The first-order valence-electron chi connectivity index (χ1n) is 11.2. The van der Waals surface area contributed by atoms with Crippen molar-refractivity contribution in [3.05, 3.63) is 94.8 Å². The van der Waals surface area contributed by atoms with Crippen molar-refractivity contribution in [1.29, 1.82) is 0 Å². The van der Waals surface area contributed by atoms with Gasteiger partial charge in [0.25, 0.3) is 0 Å². The van der Waals surface area contributed by atoms with Gasteiger partial charge in [-0.3, -0.25) is 0 Å². The number of hydrogen-bond acceptors (Lipinski definition) is 2. The van der Waals surface area contributed by atoms with E-state index < -0.39 is 0 Å². The van der Waals surface area contributed by atoms with Crippen molar-refractivity contribution in [2.75, 3.05) is 0 Å². The van der Waals surface area contributed by atoms with Crippen LogP contribution in [-0.4, -0.2) is 12.4 Å². The first kappa shape index (κ1) is 22.6. The topological polar surface area (TPSA) is 24.7 Å². The molecule has 0 aromatic heterocycles. The molecular weight excluding hydrogens is 383 g/mol. The van der Waals surface area contributed by atoms with E-state index in [1.165, 1.54) is 36.5 Å². The Balaban J connectivity index is 1.66. The van der Waals surface area contributed by atoms with Crippen molar-refractivity contribution in [2.24, 2.45) is 10.2 Å². The van der Waals surface area contributed by atoms with Gasteiger partial charge in [0.1, 0.15) is 5.82 Å². The molecule has 0 amide bonds. The molecule has 160 valence electrons. The molecule has 0 saturated heterocycles. The summed E-state index contributed by atoms with van der Waals surface area (Å²) in [6.07, 6.45) is 10.2. The molecule has 0 aliphatic carbocycles. The van der Waals surface area contributed by atoms with Gasteiger partial charge in [-0.1, -0.05) is 93.8 Å². The van der Waals surface area contributed by atoms with E-state index in [0.29, 0.717) is 11.1 Å². The van der Waals surface area contributed by atoms with Crippen LogP contribution in [0.15, 0.2) is 76.9 Å². The molecule has 0 atom stereocenters. The van der Waals surface area contributed by atoms with Crippen molar-refractivity contribution < 1.29 is 4.39 Å². The molecule has 0 unspecified atom stereocenters. The molecule has 0 N–H and O–H groups in total. The molecule has 0 aliphatic heterocycles. The first-order chi connectivity index (χ1) is 15.2. The number of hydrogen-bond donors (Lipinski definition) is 0. The van der Waals surface area contributed by atoms with Gasteiger partial charge >= 0.3 is 0 Å². The minimum Gasteiger partial charge on any atom is -0.206 e. The summed E-state index contributed by atoms with van der Waals surface area (Å²) in [7, 11) is 0. The lowest BCUT2D eigenvalue weighted by molar-refractivity contribution is 0.631. The van der Waals surface area contributed by atoms with Crippen LogP contribution in [0.25, 0.3) is 11.1 Å². The number of halogens is 1. The van der Waals surface area contributed by atoms with Gasteiger partial charge < -0.3 is 0 Å². The molecule has 0 fully saturated rings. The Bertz CT molecular complexity index is 1020. The van der Waals surface area contributed by atoms with E-state index in [1.54, 1.807) is 18.5 Å². The molecule has 3 aromatic rings. The minimum atomic E-state index is -0.252. The quantitative estimate of drug-likeness (QED) is 0.185. The van der Waals surface area contributed by atoms with Gasteiger partial charge in [-0.15, -0.1) is 0 Å². The van der Waals surface area contributed by atoms with Gasteiger partial charge in [0.15, 0.2) is 0 Å². The van der Waals surface area contributed by atoms with Gasteiger partial charge in [-0.25, -0.2) is 4.39 Å². The van der Waals surface area contributed by atoms with E-state index in [1.807, 2.05) is 24.3 Å².